The second-order valence-corrected chi connectivity index (χ2v) is 3.35. The third kappa shape index (κ3) is 1.70. The summed E-state index contributed by atoms with van der Waals surface area (Å²) in [6, 6.07) is 1.51. The molecule has 0 aliphatic carbocycles. The van der Waals surface area contributed by atoms with Crippen LogP contribution in [-0.4, -0.2) is 37.6 Å². The standard InChI is InChI=1S/C8H18N2/c1-7-4-5-8(9-2)6-10(7)3/h7-9H,4-6H2,1-3H3/t7-,8+/m1/s1. The molecule has 0 aromatic rings. The summed E-state index contributed by atoms with van der Waals surface area (Å²) in [5.74, 6) is 0. The van der Waals surface area contributed by atoms with E-state index in [0.717, 1.165) is 12.1 Å². The first-order valence-corrected chi connectivity index (χ1v) is 4.11. The molecular formula is C8H18N2. The van der Waals surface area contributed by atoms with Crippen LogP contribution in [-0.2, 0) is 0 Å². The van der Waals surface area contributed by atoms with Gasteiger partial charge in [0.1, 0.15) is 0 Å². The summed E-state index contributed by atoms with van der Waals surface area (Å²) in [4.78, 5) is 2.42. The zero-order valence-corrected chi connectivity index (χ0v) is 7.22. The number of piperidine rings is 1. The number of likely N-dealkylation sites (N-methyl/N-ethyl adjacent to an activating group) is 2. The van der Waals surface area contributed by atoms with Gasteiger partial charge < -0.3 is 10.2 Å². The Labute approximate surface area is 63.6 Å². The average Bonchev–Trinajstić information content (AvgIpc) is 1.95. The zero-order valence-electron chi connectivity index (χ0n) is 7.22. The predicted molar refractivity (Wildman–Crippen MR) is 44.2 cm³/mol. The van der Waals surface area contributed by atoms with Crippen molar-refractivity contribution in [1.29, 1.82) is 0 Å². The molecule has 1 saturated heterocycles. The lowest BCUT2D eigenvalue weighted by Gasteiger charge is -2.34. The van der Waals surface area contributed by atoms with Crippen LogP contribution in [0.5, 0.6) is 0 Å². The van der Waals surface area contributed by atoms with Gasteiger partial charge in [0.2, 0.25) is 0 Å². The largest absolute Gasteiger partial charge is 0.316 e. The third-order valence-corrected chi connectivity index (χ3v) is 2.60. The second-order valence-electron chi connectivity index (χ2n) is 3.35. The summed E-state index contributed by atoms with van der Waals surface area (Å²) < 4.78 is 0. The van der Waals surface area contributed by atoms with Crippen molar-refractivity contribution in [2.24, 2.45) is 0 Å². The van der Waals surface area contributed by atoms with E-state index in [0.29, 0.717) is 0 Å². The highest BCUT2D eigenvalue weighted by molar-refractivity contribution is 4.79. The Morgan fingerprint density at radius 2 is 2.10 bits per heavy atom. The minimum atomic E-state index is 0.723. The molecule has 0 aromatic carbocycles. The van der Waals surface area contributed by atoms with Crippen LogP contribution in [0.25, 0.3) is 0 Å². The molecule has 1 heterocycles. The van der Waals surface area contributed by atoms with Crippen LogP contribution in [0.2, 0.25) is 0 Å². The van der Waals surface area contributed by atoms with Gasteiger partial charge in [0, 0.05) is 18.6 Å². The number of hydrogen-bond donors (Lipinski definition) is 1. The minimum absolute atomic E-state index is 0.723. The molecule has 1 rings (SSSR count). The van der Waals surface area contributed by atoms with Crippen LogP contribution >= 0.6 is 0 Å². The van der Waals surface area contributed by atoms with Crippen molar-refractivity contribution in [1.82, 2.24) is 10.2 Å². The summed E-state index contributed by atoms with van der Waals surface area (Å²) in [7, 11) is 4.25. The number of rotatable bonds is 1. The first-order chi connectivity index (χ1) is 4.74. The molecule has 60 valence electrons. The maximum absolute atomic E-state index is 3.31. The predicted octanol–water partition coefficient (Wildman–Crippen LogP) is 0.688. The summed E-state index contributed by atoms with van der Waals surface area (Å²) >= 11 is 0. The molecule has 0 unspecified atom stereocenters. The van der Waals surface area contributed by atoms with E-state index in [9.17, 15) is 0 Å². The number of likely N-dealkylation sites (tertiary alicyclic amines) is 1. The quantitative estimate of drug-likeness (QED) is 0.579. The molecule has 2 atom stereocenters. The van der Waals surface area contributed by atoms with Gasteiger partial charge in [0.25, 0.3) is 0 Å². The van der Waals surface area contributed by atoms with Crippen LogP contribution in [0.1, 0.15) is 19.8 Å². The molecule has 0 saturated carbocycles. The number of nitrogens with one attached hydrogen (secondary N) is 1. The Hall–Kier alpha value is -0.0800. The van der Waals surface area contributed by atoms with Crippen molar-refractivity contribution >= 4 is 0 Å². The first-order valence-electron chi connectivity index (χ1n) is 4.11. The Balaban J connectivity index is 2.33. The summed E-state index contributed by atoms with van der Waals surface area (Å²) in [5.41, 5.74) is 0. The molecule has 2 heteroatoms. The monoisotopic (exact) mass is 142 g/mol. The van der Waals surface area contributed by atoms with E-state index in [1.807, 2.05) is 0 Å². The van der Waals surface area contributed by atoms with Gasteiger partial charge in [-0.2, -0.15) is 0 Å². The second kappa shape index (κ2) is 3.35. The van der Waals surface area contributed by atoms with Crippen molar-refractivity contribution in [2.45, 2.75) is 31.8 Å². The minimum Gasteiger partial charge on any atom is -0.316 e. The summed E-state index contributed by atoms with van der Waals surface area (Å²) in [6.45, 7) is 3.50. The van der Waals surface area contributed by atoms with E-state index in [1.165, 1.54) is 19.4 Å². The van der Waals surface area contributed by atoms with Crippen LogP contribution in [0.3, 0.4) is 0 Å². The normalized spacial score (nSPS) is 36.3. The van der Waals surface area contributed by atoms with Gasteiger partial charge in [-0.3, -0.25) is 0 Å². The average molecular weight is 142 g/mol. The van der Waals surface area contributed by atoms with Crippen LogP contribution in [0.4, 0.5) is 0 Å². The van der Waals surface area contributed by atoms with Crippen LogP contribution in [0.15, 0.2) is 0 Å². The lowest BCUT2D eigenvalue weighted by atomic mass is 10.0. The maximum Gasteiger partial charge on any atom is 0.0192 e. The topological polar surface area (TPSA) is 15.3 Å². The van der Waals surface area contributed by atoms with E-state index < -0.39 is 0 Å². The molecule has 1 N–H and O–H groups in total. The Kier molecular flexibility index (Phi) is 2.69. The molecule has 0 aromatic heterocycles. The third-order valence-electron chi connectivity index (χ3n) is 2.60. The smallest absolute Gasteiger partial charge is 0.0192 e. The first kappa shape index (κ1) is 8.02. The fourth-order valence-electron chi connectivity index (χ4n) is 1.52. The van der Waals surface area contributed by atoms with Crippen molar-refractivity contribution in [3.8, 4) is 0 Å². The van der Waals surface area contributed by atoms with Gasteiger partial charge in [0.15, 0.2) is 0 Å². The lowest BCUT2D eigenvalue weighted by molar-refractivity contribution is 0.169. The molecule has 0 radical (unpaired) electrons. The molecule has 1 fully saturated rings. The molecule has 2 nitrogen and oxygen atoms in total. The lowest BCUT2D eigenvalue weighted by Crippen LogP contribution is -2.46. The Bertz CT molecular complexity index is 103. The molecule has 0 spiro atoms. The molecule has 10 heavy (non-hydrogen) atoms. The van der Waals surface area contributed by atoms with Crippen molar-refractivity contribution in [2.75, 3.05) is 20.6 Å². The van der Waals surface area contributed by atoms with E-state index in [2.05, 4.69) is 31.2 Å². The zero-order chi connectivity index (χ0) is 7.56. The van der Waals surface area contributed by atoms with Gasteiger partial charge in [-0.1, -0.05) is 0 Å². The fraction of sp³-hybridized carbons (Fsp3) is 1.00. The van der Waals surface area contributed by atoms with Gasteiger partial charge in [-0.25, -0.2) is 0 Å². The fourth-order valence-corrected chi connectivity index (χ4v) is 1.52. The van der Waals surface area contributed by atoms with Gasteiger partial charge in [0.05, 0.1) is 0 Å². The van der Waals surface area contributed by atoms with Crippen molar-refractivity contribution in [3.05, 3.63) is 0 Å². The maximum atomic E-state index is 3.31. The van der Waals surface area contributed by atoms with E-state index in [-0.39, 0.29) is 0 Å². The van der Waals surface area contributed by atoms with Crippen LogP contribution < -0.4 is 5.32 Å². The molecule has 0 amide bonds. The highest BCUT2D eigenvalue weighted by Crippen LogP contribution is 2.14. The highest BCUT2D eigenvalue weighted by atomic mass is 15.2. The van der Waals surface area contributed by atoms with Crippen molar-refractivity contribution in [3.63, 3.8) is 0 Å². The van der Waals surface area contributed by atoms with E-state index in [4.69, 9.17) is 0 Å². The number of hydrogen-bond acceptors (Lipinski definition) is 2. The summed E-state index contributed by atoms with van der Waals surface area (Å²) in [6.07, 6.45) is 2.67. The Morgan fingerprint density at radius 1 is 1.40 bits per heavy atom. The molecule has 0 bridgehead atoms. The molecule has 1 aliphatic heterocycles. The van der Waals surface area contributed by atoms with Gasteiger partial charge in [-0.15, -0.1) is 0 Å². The van der Waals surface area contributed by atoms with Crippen molar-refractivity contribution < 1.29 is 0 Å². The SMILES string of the molecule is CN[C@H]1CC[C@@H](C)N(C)C1. The molecular weight excluding hydrogens is 124 g/mol. The summed E-state index contributed by atoms with van der Waals surface area (Å²) in [5, 5.41) is 3.31. The van der Waals surface area contributed by atoms with E-state index >= 15 is 0 Å². The van der Waals surface area contributed by atoms with E-state index in [1.54, 1.807) is 0 Å². The van der Waals surface area contributed by atoms with Gasteiger partial charge >= 0.3 is 0 Å². The Morgan fingerprint density at radius 3 is 2.60 bits per heavy atom. The van der Waals surface area contributed by atoms with Crippen LogP contribution in [0, 0.1) is 0 Å². The molecule has 1 aliphatic rings. The van der Waals surface area contributed by atoms with Gasteiger partial charge in [-0.05, 0) is 33.9 Å². The number of nitrogens with zero attached hydrogens (tertiary/aromatic N) is 1. The highest BCUT2D eigenvalue weighted by Gasteiger charge is 2.20.